The van der Waals surface area contributed by atoms with Gasteiger partial charge in [-0.15, -0.1) is 17.7 Å². The second-order valence-electron chi connectivity index (χ2n) is 4.83. The van der Waals surface area contributed by atoms with Crippen molar-refractivity contribution in [3.63, 3.8) is 0 Å². The molecule has 0 saturated heterocycles. The molecule has 0 saturated carbocycles. The van der Waals surface area contributed by atoms with Crippen LogP contribution in [0.25, 0.3) is 5.57 Å². The molecular formula is C15H19Li. The third-order valence-electron chi connectivity index (χ3n) is 3.40. The van der Waals surface area contributed by atoms with Gasteiger partial charge in [0.05, 0.1) is 0 Å². The van der Waals surface area contributed by atoms with Crippen molar-refractivity contribution in [2.75, 3.05) is 0 Å². The van der Waals surface area contributed by atoms with Crippen molar-refractivity contribution in [1.82, 2.24) is 0 Å². The van der Waals surface area contributed by atoms with Crippen molar-refractivity contribution < 1.29 is 18.9 Å². The minimum absolute atomic E-state index is 0. The van der Waals surface area contributed by atoms with Crippen LogP contribution in [0.1, 0.15) is 37.5 Å². The van der Waals surface area contributed by atoms with Gasteiger partial charge in [0, 0.05) is 0 Å². The summed E-state index contributed by atoms with van der Waals surface area (Å²) in [6.07, 6.45) is 5.69. The van der Waals surface area contributed by atoms with E-state index in [1.165, 1.54) is 22.3 Å². The summed E-state index contributed by atoms with van der Waals surface area (Å²) in [7, 11) is 0. The number of aryl methyl sites for hydroxylation is 1. The summed E-state index contributed by atoms with van der Waals surface area (Å²) in [6.45, 7) is 8.98. The van der Waals surface area contributed by atoms with E-state index in [4.69, 9.17) is 0 Å². The molecule has 1 aliphatic carbocycles. The maximum Gasteiger partial charge on any atom is 1.00 e. The van der Waals surface area contributed by atoms with Crippen LogP contribution in [0, 0.1) is 12.8 Å². The summed E-state index contributed by atoms with van der Waals surface area (Å²) < 4.78 is 0. The monoisotopic (exact) mass is 206 g/mol. The zero-order chi connectivity index (χ0) is 11.0. The van der Waals surface area contributed by atoms with Crippen molar-refractivity contribution >= 4 is 5.57 Å². The van der Waals surface area contributed by atoms with Gasteiger partial charge in [0.2, 0.25) is 0 Å². The van der Waals surface area contributed by atoms with Crippen molar-refractivity contribution in [3.8, 4) is 0 Å². The smallest absolute Gasteiger partial charge is 0.160 e. The molecule has 0 spiro atoms. The second kappa shape index (κ2) is 5.17. The fourth-order valence-electron chi connectivity index (χ4n) is 2.21. The Morgan fingerprint density at radius 1 is 1.19 bits per heavy atom. The van der Waals surface area contributed by atoms with Crippen LogP contribution in [0.3, 0.4) is 0 Å². The van der Waals surface area contributed by atoms with Gasteiger partial charge in [-0.1, -0.05) is 39.3 Å². The topological polar surface area (TPSA) is 0 Å². The molecule has 0 aliphatic heterocycles. The molecular weight excluding hydrogens is 187 g/mol. The van der Waals surface area contributed by atoms with Crippen LogP contribution < -0.4 is 18.9 Å². The van der Waals surface area contributed by atoms with Crippen LogP contribution in [-0.2, 0) is 6.42 Å². The summed E-state index contributed by atoms with van der Waals surface area (Å²) in [5.74, 6) is 0.648. The van der Waals surface area contributed by atoms with Crippen LogP contribution in [0.5, 0.6) is 0 Å². The van der Waals surface area contributed by atoms with Crippen LogP contribution in [0.4, 0.5) is 0 Å². The molecule has 0 heterocycles. The zero-order valence-electron chi connectivity index (χ0n) is 11.1. The average molecular weight is 206 g/mol. The molecule has 80 valence electrons. The third kappa shape index (κ3) is 2.39. The molecule has 0 unspecified atom stereocenters. The van der Waals surface area contributed by atoms with E-state index < -0.39 is 0 Å². The van der Waals surface area contributed by atoms with Gasteiger partial charge >= 0.3 is 18.9 Å². The Kier molecular flexibility index (Phi) is 4.36. The minimum Gasteiger partial charge on any atom is -0.160 e. The van der Waals surface area contributed by atoms with Gasteiger partial charge in [-0.25, -0.2) is 0 Å². The predicted molar refractivity (Wildman–Crippen MR) is 67.0 cm³/mol. The number of rotatable bonds is 1. The third-order valence-corrected chi connectivity index (χ3v) is 3.40. The Balaban J connectivity index is 0.00000128. The normalized spacial score (nSPS) is 14.8. The summed E-state index contributed by atoms with van der Waals surface area (Å²) in [6, 6.07) is 4.50. The minimum atomic E-state index is 0. The van der Waals surface area contributed by atoms with Crippen molar-refractivity contribution in [2.24, 2.45) is 5.92 Å². The van der Waals surface area contributed by atoms with Crippen molar-refractivity contribution in [3.05, 3.63) is 46.5 Å². The number of fused-ring (bicyclic) bond motifs is 1. The van der Waals surface area contributed by atoms with Crippen LogP contribution in [-0.4, -0.2) is 0 Å². The second-order valence-corrected chi connectivity index (χ2v) is 4.83. The fraction of sp³-hybridized carbons (Fsp3) is 0.400. The van der Waals surface area contributed by atoms with E-state index in [1.54, 1.807) is 5.57 Å². The van der Waals surface area contributed by atoms with Gasteiger partial charge in [-0.3, -0.25) is 0 Å². The first-order chi connectivity index (χ1) is 7.09. The molecule has 1 aromatic rings. The first kappa shape index (κ1) is 13.5. The Hall–Kier alpha value is -0.573. The van der Waals surface area contributed by atoms with Gasteiger partial charge in [0.15, 0.2) is 0 Å². The summed E-state index contributed by atoms with van der Waals surface area (Å²) >= 11 is 0. The Bertz CT molecular complexity index is 430. The molecule has 0 radical (unpaired) electrons. The molecule has 16 heavy (non-hydrogen) atoms. The Labute approximate surface area is 111 Å². The van der Waals surface area contributed by atoms with Gasteiger partial charge in [-0.2, -0.15) is 22.8 Å². The molecule has 1 heteroatoms. The van der Waals surface area contributed by atoms with Gasteiger partial charge in [-0.05, 0) is 12.3 Å². The average Bonchev–Trinajstić information content (AvgIpc) is 2.43. The van der Waals surface area contributed by atoms with E-state index in [2.05, 4.69) is 52.0 Å². The van der Waals surface area contributed by atoms with E-state index in [0.717, 1.165) is 6.42 Å². The molecule has 0 atom stereocenters. The molecule has 0 bridgehead atoms. The SMILES string of the molecule is CC1=CC=C(C(C)C)Cc2c(C)c[cH-]c21.[Li+]. The van der Waals surface area contributed by atoms with Crippen LogP contribution in [0.2, 0.25) is 0 Å². The maximum atomic E-state index is 2.30. The predicted octanol–water partition coefficient (Wildman–Crippen LogP) is 1.26. The summed E-state index contributed by atoms with van der Waals surface area (Å²) in [5, 5.41) is 0. The van der Waals surface area contributed by atoms with E-state index in [-0.39, 0.29) is 18.9 Å². The van der Waals surface area contributed by atoms with E-state index in [0.29, 0.717) is 5.92 Å². The largest absolute Gasteiger partial charge is 1.00 e. The molecule has 0 nitrogen and oxygen atoms in total. The number of hydrogen-bond acceptors (Lipinski definition) is 0. The molecule has 0 amide bonds. The standard InChI is InChI=1S/C15H19.Li/c1-10(2)13-7-5-11(3)14-8-6-12(4)15(14)9-13;/h5-8,10H,9H2,1-4H3;/q-1;+1. The first-order valence-electron chi connectivity index (χ1n) is 5.72. The Morgan fingerprint density at radius 2 is 1.88 bits per heavy atom. The van der Waals surface area contributed by atoms with Crippen LogP contribution >= 0.6 is 0 Å². The van der Waals surface area contributed by atoms with Crippen molar-refractivity contribution in [1.29, 1.82) is 0 Å². The van der Waals surface area contributed by atoms with Crippen molar-refractivity contribution in [2.45, 2.75) is 34.1 Å². The van der Waals surface area contributed by atoms with Gasteiger partial charge < -0.3 is 0 Å². The molecule has 1 aromatic carbocycles. The molecule has 0 aromatic heterocycles. The number of allylic oxidation sites excluding steroid dienone is 4. The first-order valence-corrected chi connectivity index (χ1v) is 5.72. The maximum absolute atomic E-state index is 2.30. The fourth-order valence-corrected chi connectivity index (χ4v) is 2.21. The van der Waals surface area contributed by atoms with E-state index in [9.17, 15) is 0 Å². The van der Waals surface area contributed by atoms with Crippen LogP contribution in [0.15, 0.2) is 29.9 Å². The van der Waals surface area contributed by atoms with E-state index >= 15 is 0 Å². The molecule has 1 aliphatic rings. The van der Waals surface area contributed by atoms with Gasteiger partial charge in [0.1, 0.15) is 0 Å². The molecule has 0 N–H and O–H groups in total. The zero-order valence-corrected chi connectivity index (χ0v) is 11.1. The summed E-state index contributed by atoms with van der Waals surface area (Å²) in [5.41, 5.74) is 7.35. The molecule has 0 fully saturated rings. The van der Waals surface area contributed by atoms with Gasteiger partial charge in [0.25, 0.3) is 0 Å². The quantitative estimate of drug-likeness (QED) is 0.479. The summed E-state index contributed by atoms with van der Waals surface area (Å²) in [4.78, 5) is 0. The molecule has 2 rings (SSSR count). The number of hydrogen-bond donors (Lipinski definition) is 0. The van der Waals surface area contributed by atoms with E-state index in [1.807, 2.05) is 0 Å². The Morgan fingerprint density at radius 3 is 2.50 bits per heavy atom.